The topological polar surface area (TPSA) is 66.5 Å². The summed E-state index contributed by atoms with van der Waals surface area (Å²) in [6, 6.07) is 8.52. The molecule has 3 rings (SSSR count). The summed E-state index contributed by atoms with van der Waals surface area (Å²) in [4.78, 5) is 18.3. The van der Waals surface area contributed by atoms with Crippen LogP contribution in [0.25, 0.3) is 0 Å². The zero-order chi connectivity index (χ0) is 17.6. The van der Waals surface area contributed by atoms with E-state index in [0.29, 0.717) is 34.4 Å². The molecule has 1 saturated heterocycles. The molecular formula is C17H18Cl2N4O2. The normalized spacial score (nSPS) is 15.5. The van der Waals surface area contributed by atoms with E-state index in [9.17, 15) is 4.79 Å². The van der Waals surface area contributed by atoms with Gasteiger partial charge in [0.05, 0.1) is 16.2 Å². The Hall–Kier alpha value is -2.02. The van der Waals surface area contributed by atoms with Gasteiger partial charge in [0.25, 0.3) is 0 Å². The number of benzene rings is 1. The molecular weight excluding hydrogens is 363 g/mol. The molecule has 8 heteroatoms. The number of aromatic nitrogens is 1. The molecule has 132 valence electrons. The second-order valence-electron chi connectivity index (χ2n) is 5.52. The van der Waals surface area contributed by atoms with Crippen molar-refractivity contribution < 1.29 is 9.53 Å². The monoisotopic (exact) mass is 380 g/mol. The number of hydrogen-bond donors (Lipinski definition) is 2. The van der Waals surface area contributed by atoms with Crippen LogP contribution in [0, 0.1) is 0 Å². The number of carbonyl (C=O) groups excluding carboxylic acids is 1. The Balaban J connectivity index is 1.83. The first kappa shape index (κ1) is 17.8. The molecule has 1 aliphatic heterocycles. The summed E-state index contributed by atoms with van der Waals surface area (Å²) < 4.78 is 5.92. The zero-order valence-corrected chi connectivity index (χ0v) is 14.9. The van der Waals surface area contributed by atoms with Gasteiger partial charge in [0, 0.05) is 37.9 Å². The summed E-state index contributed by atoms with van der Waals surface area (Å²) in [5, 5.41) is 6.84. The number of urea groups is 1. The van der Waals surface area contributed by atoms with Crippen LogP contribution in [0.15, 0.2) is 42.7 Å². The lowest BCUT2D eigenvalue weighted by Gasteiger charge is -2.30. The SMILES string of the molecule is O=C(NC(Oc1cccnc1)c1cccc(Cl)c1Cl)N1CCNCC1. The van der Waals surface area contributed by atoms with Gasteiger partial charge in [0.2, 0.25) is 6.23 Å². The maximum Gasteiger partial charge on any atom is 0.320 e. The molecule has 25 heavy (non-hydrogen) atoms. The molecule has 1 unspecified atom stereocenters. The Labute approximate surface area is 156 Å². The minimum absolute atomic E-state index is 0.216. The molecule has 1 aliphatic rings. The van der Waals surface area contributed by atoms with Gasteiger partial charge >= 0.3 is 6.03 Å². The smallest absolute Gasteiger partial charge is 0.320 e. The summed E-state index contributed by atoms with van der Waals surface area (Å²) in [5.41, 5.74) is 0.585. The first-order chi connectivity index (χ1) is 12.1. The third kappa shape index (κ3) is 4.54. The van der Waals surface area contributed by atoms with E-state index < -0.39 is 6.23 Å². The van der Waals surface area contributed by atoms with Crippen molar-refractivity contribution in [2.24, 2.45) is 0 Å². The van der Waals surface area contributed by atoms with Crippen LogP contribution in [-0.2, 0) is 0 Å². The molecule has 0 aliphatic carbocycles. The van der Waals surface area contributed by atoms with Crippen LogP contribution in [0.2, 0.25) is 10.0 Å². The van der Waals surface area contributed by atoms with E-state index in [-0.39, 0.29) is 6.03 Å². The number of amides is 2. The summed E-state index contributed by atoms with van der Waals surface area (Å²) in [5.74, 6) is 0.518. The van der Waals surface area contributed by atoms with Crippen molar-refractivity contribution >= 4 is 29.2 Å². The molecule has 0 bridgehead atoms. The average Bonchev–Trinajstić information content (AvgIpc) is 2.65. The minimum Gasteiger partial charge on any atom is -0.465 e. The van der Waals surface area contributed by atoms with E-state index in [0.717, 1.165) is 13.1 Å². The summed E-state index contributed by atoms with van der Waals surface area (Å²) in [6.45, 7) is 2.79. The van der Waals surface area contributed by atoms with Crippen molar-refractivity contribution in [3.05, 3.63) is 58.3 Å². The van der Waals surface area contributed by atoms with Crippen LogP contribution in [0.3, 0.4) is 0 Å². The maximum absolute atomic E-state index is 12.6. The van der Waals surface area contributed by atoms with Crippen LogP contribution in [0.4, 0.5) is 4.79 Å². The lowest BCUT2D eigenvalue weighted by atomic mass is 10.2. The fourth-order valence-corrected chi connectivity index (χ4v) is 2.92. The first-order valence-corrected chi connectivity index (χ1v) is 8.67. The van der Waals surface area contributed by atoms with E-state index in [1.165, 1.54) is 0 Å². The predicted octanol–water partition coefficient (Wildman–Crippen LogP) is 3.08. The lowest BCUT2D eigenvalue weighted by Crippen LogP contribution is -2.51. The lowest BCUT2D eigenvalue weighted by molar-refractivity contribution is 0.140. The number of ether oxygens (including phenoxy) is 1. The van der Waals surface area contributed by atoms with E-state index in [4.69, 9.17) is 27.9 Å². The molecule has 2 N–H and O–H groups in total. The fraction of sp³-hybridized carbons (Fsp3) is 0.294. The third-order valence-electron chi connectivity index (χ3n) is 3.81. The van der Waals surface area contributed by atoms with Crippen LogP contribution >= 0.6 is 23.2 Å². The zero-order valence-electron chi connectivity index (χ0n) is 13.4. The molecule has 1 atom stereocenters. The van der Waals surface area contributed by atoms with E-state index in [2.05, 4.69) is 15.6 Å². The van der Waals surface area contributed by atoms with Gasteiger partial charge in [0.15, 0.2) is 0 Å². The number of nitrogens with zero attached hydrogens (tertiary/aromatic N) is 2. The van der Waals surface area contributed by atoms with Crippen LogP contribution in [0.1, 0.15) is 11.8 Å². The Morgan fingerprint density at radius 2 is 2.04 bits per heavy atom. The Morgan fingerprint density at radius 3 is 2.76 bits per heavy atom. The van der Waals surface area contributed by atoms with Crippen molar-refractivity contribution in [2.75, 3.05) is 26.2 Å². The molecule has 1 fully saturated rings. The summed E-state index contributed by atoms with van der Waals surface area (Å²) >= 11 is 12.4. The van der Waals surface area contributed by atoms with Gasteiger partial charge in [0.1, 0.15) is 5.75 Å². The second kappa shape index (κ2) is 8.38. The number of pyridine rings is 1. The van der Waals surface area contributed by atoms with E-state index in [1.807, 2.05) is 0 Å². The molecule has 1 aromatic carbocycles. The van der Waals surface area contributed by atoms with Crippen molar-refractivity contribution in [1.29, 1.82) is 0 Å². The van der Waals surface area contributed by atoms with Gasteiger partial charge in [-0.2, -0.15) is 0 Å². The van der Waals surface area contributed by atoms with Gasteiger partial charge in [-0.05, 0) is 18.2 Å². The average molecular weight is 381 g/mol. The molecule has 2 amide bonds. The molecule has 0 radical (unpaired) electrons. The Kier molecular flexibility index (Phi) is 5.96. The maximum atomic E-state index is 12.6. The highest BCUT2D eigenvalue weighted by Gasteiger charge is 2.24. The Bertz CT molecular complexity index is 724. The van der Waals surface area contributed by atoms with Gasteiger partial charge in [-0.1, -0.05) is 35.3 Å². The van der Waals surface area contributed by atoms with Crippen LogP contribution in [-0.4, -0.2) is 42.1 Å². The van der Waals surface area contributed by atoms with Gasteiger partial charge in [-0.15, -0.1) is 0 Å². The van der Waals surface area contributed by atoms with Crippen LogP contribution < -0.4 is 15.4 Å². The number of piperazine rings is 1. The second-order valence-corrected chi connectivity index (χ2v) is 6.30. The van der Waals surface area contributed by atoms with Gasteiger partial charge in [-0.3, -0.25) is 10.3 Å². The van der Waals surface area contributed by atoms with Crippen molar-refractivity contribution in [1.82, 2.24) is 20.5 Å². The number of rotatable bonds is 4. The van der Waals surface area contributed by atoms with E-state index >= 15 is 0 Å². The number of halogens is 2. The number of carbonyl (C=O) groups is 1. The Morgan fingerprint density at radius 1 is 1.24 bits per heavy atom. The number of nitrogens with one attached hydrogen (secondary N) is 2. The quantitative estimate of drug-likeness (QED) is 0.799. The molecule has 2 heterocycles. The predicted molar refractivity (Wildman–Crippen MR) is 97.0 cm³/mol. The molecule has 1 aromatic heterocycles. The molecule has 0 spiro atoms. The van der Waals surface area contributed by atoms with Crippen LogP contribution in [0.5, 0.6) is 5.75 Å². The highest BCUT2D eigenvalue weighted by atomic mass is 35.5. The number of hydrogen-bond acceptors (Lipinski definition) is 4. The molecule has 0 saturated carbocycles. The first-order valence-electron chi connectivity index (χ1n) is 7.92. The third-order valence-corrected chi connectivity index (χ3v) is 4.64. The fourth-order valence-electron chi connectivity index (χ4n) is 2.52. The highest BCUT2D eigenvalue weighted by Crippen LogP contribution is 2.31. The summed E-state index contributed by atoms with van der Waals surface area (Å²) in [7, 11) is 0. The molecule has 2 aromatic rings. The highest BCUT2D eigenvalue weighted by molar-refractivity contribution is 6.42. The minimum atomic E-state index is -0.780. The van der Waals surface area contributed by atoms with Crippen molar-refractivity contribution in [3.8, 4) is 5.75 Å². The largest absolute Gasteiger partial charge is 0.465 e. The standard InChI is InChI=1S/C17H18Cl2N4O2/c18-14-5-1-4-13(15(14)19)16(25-12-3-2-6-21-11-12)22-17(24)23-9-7-20-8-10-23/h1-6,11,16,20H,7-10H2,(H,22,24). The van der Waals surface area contributed by atoms with Crippen molar-refractivity contribution in [3.63, 3.8) is 0 Å². The van der Waals surface area contributed by atoms with Gasteiger partial charge in [-0.25, -0.2) is 4.79 Å². The van der Waals surface area contributed by atoms with Crippen molar-refractivity contribution in [2.45, 2.75) is 6.23 Å². The molecule has 6 nitrogen and oxygen atoms in total. The summed E-state index contributed by atoms with van der Waals surface area (Å²) in [6.07, 6.45) is 2.44. The van der Waals surface area contributed by atoms with E-state index in [1.54, 1.807) is 47.6 Å². The van der Waals surface area contributed by atoms with Gasteiger partial charge < -0.3 is 15.0 Å².